The third-order valence-electron chi connectivity index (χ3n) is 4.35. The Labute approximate surface area is 180 Å². The number of carbonyl (C=O) groups is 1. The van der Waals surface area contributed by atoms with Crippen molar-refractivity contribution in [1.29, 1.82) is 0 Å². The van der Waals surface area contributed by atoms with Gasteiger partial charge in [-0.1, -0.05) is 6.07 Å². The molecule has 1 aliphatic heterocycles. The third-order valence-corrected chi connectivity index (χ3v) is 4.94. The lowest BCUT2D eigenvalue weighted by Gasteiger charge is -2.27. The van der Waals surface area contributed by atoms with Crippen molar-refractivity contribution in [1.82, 2.24) is 10.6 Å². The Morgan fingerprint density at radius 3 is 2.62 bits per heavy atom. The number of hydrogen-bond donors (Lipinski definition) is 3. The van der Waals surface area contributed by atoms with Gasteiger partial charge in [0.2, 0.25) is 10.0 Å². The van der Waals surface area contributed by atoms with E-state index in [-0.39, 0.29) is 24.6 Å². The predicted octanol–water partition coefficient (Wildman–Crippen LogP) is 3.42. The molecule has 32 heavy (non-hydrogen) atoms. The highest BCUT2D eigenvalue weighted by Gasteiger charge is 2.32. The summed E-state index contributed by atoms with van der Waals surface area (Å²) >= 11 is 0. The molecule has 0 saturated carbocycles. The van der Waals surface area contributed by atoms with Crippen molar-refractivity contribution >= 4 is 21.7 Å². The van der Waals surface area contributed by atoms with Gasteiger partial charge >= 0.3 is 12.4 Å². The van der Waals surface area contributed by atoms with Crippen LogP contribution in [0.2, 0.25) is 0 Å². The summed E-state index contributed by atoms with van der Waals surface area (Å²) in [7, 11) is -3.63. The van der Waals surface area contributed by atoms with E-state index in [4.69, 9.17) is 4.74 Å². The highest BCUT2D eigenvalue weighted by molar-refractivity contribution is 7.92. The molecule has 1 atom stereocenters. The number of sulfonamides is 1. The van der Waals surface area contributed by atoms with Gasteiger partial charge in [-0.25, -0.2) is 17.6 Å². The Morgan fingerprint density at radius 2 is 1.97 bits per heavy atom. The molecule has 2 aromatic rings. The maximum absolute atomic E-state index is 14.0. The number of fused-ring (bicyclic) bond motifs is 1. The van der Waals surface area contributed by atoms with E-state index in [0.717, 1.165) is 24.5 Å². The number of halogens is 4. The second-order valence-electron chi connectivity index (χ2n) is 6.95. The molecule has 174 valence electrons. The van der Waals surface area contributed by atoms with Crippen molar-refractivity contribution in [3.05, 3.63) is 53.3 Å². The lowest BCUT2D eigenvalue weighted by molar-refractivity contribution is -0.274. The Bertz CT molecular complexity index is 1110. The van der Waals surface area contributed by atoms with Gasteiger partial charge in [0, 0.05) is 24.6 Å². The quantitative estimate of drug-likeness (QED) is 0.553. The van der Waals surface area contributed by atoms with Gasteiger partial charge < -0.3 is 20.1 Å². The number of amides is 2. The summed E-state index contributed by atoms with van der Waals surface area (Å²) in [6, 6.07) is 6.27. The maximum Gasteiger partial charge on any atom is 0.573 e. The molecule has 13 heteroatoms. The first-order valence-corrected chi connectivity index (χ1v) is 11.1. The standard InChI is InChI=1S/C19H19F4N3O5S/c1-32(28,29)26-16-5-2-11(8-14(16)20)10-24-18(27)25-15-6-7-30-17-9-12(3-4-13(15)17)31-19(21,22)23/h2-5,8-9,15,26H,6-7,10H2,1H3,(H2,24,25,27)/t15-/m0/s1. The monoisotopic (exact) mass is 477 g/mol. The van der Waals surface area contributed by atoms with E-state index < -0.39 is 40.0 Å². The van der Waals surface area contributed by atoms with Gasteiger partial charge in [0.05, 0.1) is 24.6 Å². The first kappa shape index (κ1) is 23.4. The van der Waals surface area contributed by atoms with E-state index in [1.165, 1.54) is 18.2 Å². The van der Waals surface area contributed by atoms with Gasteiger partial charge in [-0.3, -0.25) is 4.72 Å². The van der Waals surface area contributed by atoms with Gasteiger partial charge in [0.15, 0.2) is 0 Å². The maximum atomic E-state index is 14.0. The minimum atomic E-state index is -4.83. The van der Waals surface area contributed by atoms with E-state index in [0.29, 0.717) is 17.5 Å². The molecule has 0 aromatic heterocycles. The number of alkyl halides is 3. The molecule has 3 N–H and O–H groups in total. The summed E-state index contributed by atoms with van der Waals surface area (Å²) in [6.07, 6.45) is -3.55. The predicted molar refractivity (Wildman–Crippen MR) is 106 cm³/mol. The first-order valence-electron chi connectivity index (χ1n) is 9.23. The Hall–Kier alpha value is -3.22. The summed E-state index contributed by atoms with van der Waals surface area (Å²) in [4.78, 5) is 12.3. The normalized spacial score (nSPS) is 15.8. The van der Waals surface area contributed by atoms with Crippen LogP contribution in [0.5, 0.6) is 11.5 Å². The van der Waals surface area contributed by atoms with Crippen LogP contribution in [0.15, 0.2) is 36.4 Å². The fraction of sp³-hybridized carbons (Fsp3) is 0.316. The van der Waals surface area contributed by atoms with Crippen LogP contribution >= 0.6 is 0 Å². The number of benzene rings is 2. The van der Waals surface area contributed by atoms with E-state index in [2.05, 4.69) is 15.4 Å². The minimum Gasteiger partial charge on any atom is -0.493 e. The Morgan fingerprint density at radius 1 is 1.22 bits per heavy atom. The molecule has 8 nitrogen and oxygen atoms in total. The lowest BCUT2D eigenvalue weighted by Crippen LogP contribution is -2.39. The Kier molecular flexibility index (Phi) is 6.67. The average molecular weight is 477 g/mol. The van der Waals surface area contributed by atoms with Crippen LogP contribution < -0.4 is 24.8 Å². The molecule has 0 unspecified atom stereocenters. The van der Waals surface area contributed by atoms with Crippen LogP contribution in [-0.4, -0.2) is 33.7 Å². The molecule has 1 heterocycles. The highest BCUT2D eigenvalue weighted by atomic mass is 32.2. The first-order chi connectivity index (χ1) is 14.9. The van der Waals surface area contributed by atoms with E-state index in [1.807, 2.05) is 4.72 Å². The number of anilines is 1. The van der Waals surface area contributed by atoms with Gasteiger partial charge in [-0.2, -0.15) is 0 Å². The van der Waals surface area contributed by atoms with Gasteiger partial charge in [0.1, 0.15) is 17.3 Å². The zero-order chi connectivity index (χ0) is 23.5. The van der Waals surface area contributed by atoms with Crippen molar-refractivity contribution in [3.8, 4) is 11.5 Å². The third kappa shape index (κ3) is 6.64. The van der Waals surface area contributed by atoms with Crippen LogP contribution in [-0.2, 0) is 16.6 Å². The molecule has 0 saturated heterocycles. The fourth-order valence-electron chi connectivity index (χ4n) is 3.06. The second kappa shape index (κ2) is 9.10. The van der Waals surface area contributed by atoms with Crippen LogP contribution in [0.25, 0.3) is 0 Å². The molecule has 0 spiro atoms. The number of ether oxygens (including phenoxy) is 2. The smallest absolute Gasteiger partial charge is 0.493 e. The van der Waals surface area contributed by atoms with Crippen molar-refractivity contribution < 1.29 is 40.2 Å². The minimum absolute atomic E-state index is 0.0453. The molecule has 1 aliphatic rings. The zero-order valence-corrected chi connectivity index (χ0v) is 17.4. The van der Waals surface area contributed by atoms with Gasteiger partial charge in [0.25, 0.3) is 0 Å². The van der Waals surface area contributed by atoms with Gasteiger partial charge in [-0.15, -0.1) is 13.2 Å². The summed E-state index contributed by atoms with van der Waals surface area (Å²) in [5, 5.41) is 5.24. The summed E-state index contributed by atoms with van der Waals surface area (Å²) < 4.78 is 84.9. The molecule has 0 bridgehead atoms. The molecular weight excluding hydrogens is 458 g/mol. The summed E-state index contributed by atoms with van der Waals surface area (Å²) in [5.74, 6) is -1.07. The van der Waals surface area contributed by atoms with E-state index >= 15 is 0 Å². The lowest BCUT2D eigenvalue weighted by atomic mass is 10.0. The molecular formula is C19H19F4N3O5S. The van der Waals surface area contributed by atoms with E-state index in [9.17, 15) is 30.8 Å². The van der Waals surface area contributed by atoms with Crippen LogP contribution in [0, 0.1) is 5.82 Å². The van der Waals surface area contributed by atoms with Crippen molar-refractivity contribution in [3.63, 3.8) is 0 Å². The van der Waals surface area contributed by atoms with E-state index in [1.54, 1.807) is 0 Å². The van der Waals surface area contributed by atoms with Crippen molar-refractivity contribution in [2.45, 2.75) is 25.4 Å². The van der Waals surface area contributed by atoms with Crippen LogP contribution in [0.4, 0.5) is 28.0 Å². The largest absolute Gasteiger partial charge is 0.573 e. The molecule has 0 radical (unpaired) electrons. The highest BCUT2D eigenvalue weighted by Crippen LogP contribution is 2.36. The SMILES string of the molecule is CS(=O)(=O)Nc1ccc(CNC(=O)N[C@H]2CCOc3cc(OC(F)(F)F)ccc32)cc1F. The molecule has 3 rings (SSSR count). The van der Waals surface area contributed by atoms with Crippen LogP contribution in [0.1, 0.15) is 23.6 Å². The topological polar surface area (TPSA) is 106 Å². The number of nitrogens with one attached hydrogen (secondary N) is 3. The molecule has 0 aliphatic carbocycles. The summed E-state index contributed by atoms with van der Waals surface area (Å²) in [5.41, 5.74) is 0.662. The number of hydrogen-bond acceptors (Lipinski definition) is 5. The fourth-order valence-corrected chi connectivity index (χ4v) is 3.62. The van der Waals surface area contributed by atoms with Gasteiger partial charge in [-0.05, 0) is 29.8 Å². The number of carbonyl (C=O) groups excluding carboxylic acids is 1. The average Bonchev–Trinajstić information content (AvgIpc) is 2.66. The number of urea groups is 1. The van der Waals surface area contributed by atoms with Crippen LogP contribution in [0.3, 0.4) is 0 Å². The van der Waals surface area contributed by atoms with Crippen molar-refractivity contribution in [2.75, 3.05) is 17.6 Å². The Balaban J connectivity index is 1.60. The second-order valence-corrected chi connectivity index (χ2v) is 8.70. The molecule has 2 aromatic carbocycles. The molecule has 0 fully saturated rings. The summed E-state index contributed by atoms with van der Waals surface area (Å²) in [6.45, 7) is 0.129. The van der Waals surface area contributed by atoms with Crippen molar-refractivity contribution in [2.24, 2.45) is 0 Å². The zero-order valence-electron chi connectivity index (χ0n) is 16.6. The number of rotatable bonds is 6. The molecule has 2 amide bonds.